The molecule has 1 N–H and O–H groups in total. The number of para-hydroxylation sites is 1. The summed E-state index contributed by atoms with van der Waals surface area (Å²) in [5, 5.41) is 3.79. The second-order valence-electron chi connectivity index (χ2n) is 4.03. The Bertz CT molecular complexity index is 551. The van der Waals surface area contributed by atoms with Crippen LogP contribution >= 0.6 is 27.5 Å². The summed E-state index contributed by atoms with van der Waals surface area (Å²) >= 11 is 9.37. The Kier molecular flexibility index (Phi) is 4.25. The average Bonchev–Trinajstić information content (AvgIpc) is 2.33. The summed E-state index contributed by atoms with van der Waals surface area (Å²) < 4.78 is 14.3. The first kappa shape index (κ1) is 13.4. The molecule has 4 heteroatoms. The van der Waals surface area contributed by atoms with Gasteiger partial charge in [-0.2, -0.15) is 0 Å². The number of nitrogens with one attached hydrogen (secondary N) is 1. The first-order chi connectivity index (χ1) is 8.58. The van der Waals surface area contributed by atoms with Gasteiger partial charge in [0.05, 0.1) is 5.69 Å². The Morgan fingerprint density at radius 2 is 2.06 bits per heavy atom. The van der Waals surface area contributed by atoms with Crippen LogP contribution in [0.1, 0.15) is 11.1 Å². The zero-order valence-electron chi connectivity index (χ0n) is 9.81. The molecule has 0 aliphatic heterocycles. The first-order valence-corrected chi connectivity index (χ1v) is 6.68. The minimum atomic E-state index is -0.275. The molecule has 0 amide bonds. The molecule has 0 saturated carbocycles. The fourth-order valence-corrected chi connectivity index (χ4v) is 2.29. The molecule has 2 rings (SSSR count). The molecule has 0 heterocycles. The van der Waals surface area contributed by atoms with Gasteiger partial charge in [0.1, 0.15) is 5.82 Å². The highest BCUT2D eigenvalue weighted by atomic mass is 79.9. The summed E-state index contributed by atoms with van der Waals surface area (Å²) in [5.41, 5.74) is 2.52. The second-order valence-corrected chi connectivity index (χ2v) is 5.30. The summed E-state index contributed by atoms with van der Waals surface area (Å²) in [4.78, 5) is 0. The van der Waals surface area contributed by atoms with Crippen molar-refractivity contribution in [3.63, 3.8) is 0 Å². The van der Waals surface area contributed by atoms with Crippen LogP contribution in [0.4, 0.5) is 10.1 Å². The minimum Gasteiger partial charge on any atom is -0.378 e. The lowest BCUT2D eigenvalue weighted by Crippen LogP contribution is -2.02. The number of anilines is 1. The van der Waals surface area contributed by atoms with Crippen LogP contribution in [0.15, 0.2) is 40.9 Å². The van der Waals surface area contributed by atoms with Crippen LogP contribution < -0.4 is 5.32 Å². The Morgan fingerprint density at radius 3 is 2.72 bits per heavy atom. The van der Waals surface area contributed by atoms with Crippen molar-refractivity contribution in [1.29, 1.82) is 0 Å². The van der Waals surface area contributed by atoms with Crippen molar-refractivity contribution >= 4 is 33.2 Å². The van der Waals surface area contributed by atoms with Gasteiger partial charge in [0.25, 0.3) is 0 Å². The van der Waals surface area contributed by atoms with E-state index in [4.69, 9.17) is 11.6 Å². The molecule has 2 aromatic carbocycles. The van der Waals surface area contributed by atoms with Gasteiger partial charge in [0.15, 0.2) is 0 Å². The van der Waals surface area contributed by atoms with E-state index < -0.39 is 0 Å². The van der Waals surface area contributed by atoms with E-state index in [9.17, 15) is 4.39 Å². The van der Waals surface area contributed by atoms with Crippen molar-refractivity contribution < 1.29 is 4.39 Å². The van der Waals surface area contributed by atoms with Crippen molar-refractivity contribution in [2.24, 2.45) is 0 Å². The highest BCUT2D eigenvalue weighted by Gasteiger charge is 2.06. The van der Waals surface area contributed by atoms with Crippen LogP contribution in [0.5, 0.6) is 0 Å². The highest BCUT2D eigenvalue weighted by molar-refractivity contribution is 9.10. The van der Waals surface area contributed by atoms with E-state index in [1.807, 2.05) is 25.1 Å². The molecule has 0 fully saturated rings. The van der Waals surface area contributed by atoms with Crippen molar-refractivity contribution in [3.05, 3.63) is 62.8 Å². The van der Waals surface area contributed by atoms with E-state index in [-0.39, 0.29) is 5.82 Å². The third-order valence-corrected chi connectivity index (χ3v) is 3.74. The molecule has 94 valence electrons. The molecule has 0 aromatic heterocycles. The van der Waals surface area contributed by atoms with Crippen molar-refractivity contribution in [2.75, 3.05) is 5.32 Å². The Labute approximate surface area is 119 Å². The molecule has 2 aromatic rings. The van der Waals surface area contributed by atoms with Gasteiger partial charge in [-0.3, -0.25) is 0 Å². The van der Waals surface area contributed by atoms with E-state index in [1.54, 1.807) is 12.1 Å². The molecule has 0 spiro atoms. The SMILES string of the molecule is Cc1ccc(CNc2c(F)cccc2Br)cc1Cl. The number of hydrogen-bond donors (Lipinski definition) is 1. The fourth-order valence-electron chi connectivity index (χ4n) is 1.60. The van der Waals surface area contributed by atoms with Gasteiger partial charge in [-0.15, -0.1) is 0 Å². The van der Waals surface area contributed by atoms with Crippen LogP contribution in [-0.4, -0.2) is 0 Å². The first-order valence-electron chi connectivity index (χ1n) is 5.51. The maximum absolute atomic E-state index is 13.6. The van der Waals surface area contributed by atoms with E-state index in [0.29, 0.717) is 16.7 Å². The quantitative estimate of drug-likeness (QED) is 0.820. The molecule has 0 aliphatic rings. The lowest BCUT2D eigenvalue weighted by Gasteiger charge is -2.10. The van der Waals surface area contributed by atoms with Gasteiger partial charge in [-0.25, -0.2) is 4.39 Å². The third kappa shape index (κ3) is 3.03. The second kappa shape index (κ2) is 5.72. The predicted octanol–water partition coefficient (Wildman–Crippen LogP) is 5.16. The van der Waals surface area contributed by atoms with E-state index in [2.05, 4.69) is 21.2 Å². The number of benzene rings is 2. The topological polar surface area (TPSA) is 12.0 Å². The van der Waals surface area contributed by atoms with Crippen LogP contribution in [-0.2, 0) is 6.54 Å². The van der Waals surface area contributed by atoms with Gasteiger partial charge in [0, 0.05) is 16.0 Å². The monoisotopic (exact) mass is 327 g/mol. The largest absolute Gasteiger partial charge is 0.378 e. The van der Waals surface area contributed by atoms with Gasteiger partial charge in [0.2, 0.25) is 0 Å². The van der Waals surface area contributed by atoms with Crippen LogP contribution in [0, 0.1) is 12.7 Å². The molecule has 0 aliphatic carbocycles. The molecule has 18 heavy (non-hydrogen) atoms. The average molecular weight is 329 g/mol. The molecule has 0 unspecified atom stereocenters. The normalized spacial score (nSPS) is 10.4. The van der Waals surface area contributed by atoms with E-state index >= 15 is 0 Å². The standard InChI is InChI=1S/C14H12BrClFN/c1-9-5-6-10(7-12(9)16)8-18-14-11(15)3-2-4-13(14)17/h2-7,18H,8H2,1H3. The minimum absolute atomic E-state index is 0.275. The molecule has 1 nitrogen and oxygen atoms in total. The summed E-state index contributed by atoms with van der Waals surface area (Å²) in [6.45, 7) is 2.48. The zero-order valence-corrected chi connectivity index (χ0v) is 12.1. The highest BCUT2D eigenvalue weighted by Crippen LogP contribution is 2.26. The van der Waals surface area contributed by atoms with Crippen molar-refractivity contribution in [3.8, 4) is 0 Å². The fraction of sp³-hybridized carbons (Fsp3) is 0.143. The lowest BCUT2D eigenvalue weighted by molar-refractivity contribution is 0.629. The summed E-state index contributed by atoms with van der Waals surface area (Å²) in [6, 6.07) is 10.7. The predicted molar refractivity (Wildman–Crippen MR) is 77.6 cm³/mol. The van der Waals surface area contributed by atoms with Gasteiger partial charge >= 0.3 is 0 Å². The zero-order chi connectivity index (χ0) is 13.1. The van der Waals surface area contributed by atoms with Gasteiger partial charge < -0.3 is 5.32 Å². The summed E-state index contributed by atoms with van der Waals surface area (Å²) in [5.74, 6) is -0.275. The molecular formula is C14H12BrClFN. The van der Waals surface area contributed by atoms with Crippen molar-refractivity contribution in [1.82, 2.24) is 0 Å². The van der Waals surface area contributed by atoms with Crippen LogP contribution in [0.25, 0.3) is 0 Å². The van der Waals surface area contributed by atoms with Gasteiger partial charge in [-0.1, -0.05) is 29.8 Å². The number of rotatable bonds is 3. The van der Waals surface area contributed by atoms with Crippen molar-refractivity contribution in [2.45, 2.75) is 13.5 Å². The Hall–Kier alpha value is -1.06. The molecule has 0 saturated heterocycles. The summed E-state index contributed by atoms with van der Waals surface area (Å²) in [7, 11) is 0. The molecule has 0 bridgehead atoms. The van der Waals surface area contributed by atoms with E-state index in [1.165, 1.54) is 6.07 Å². The van der Waals surface area contributed by atoms with Crippen LogP contribution in [0.3, 0.4) is 0 Å². The molecule has 0 atom stereocenters. The number of hydrogen-bond acceptors (Lipinski definition) is 1. The van der Waals surface area contributed by atoms with Crippen LogP contribution in [0.2, 0.25) is 5.02 Å². The molecular weight excluding hydrogens is 317 g/mol. The number of aryl methyl sites for hydroxylation is 1. The molecule has 0 radical (unpaired) electrons. The van der Waals surface area contributed by atoms with Gasteiger partial charge in [-0.05, 0) is 52.2 Å². The van der Waals surface area contributed by atoms with E-state index in [0.717, 1.165) is 16.1 Å². The lowest BCUT2D eigenvalue weighted by atomic mass is 10.1. The Morgan fingerprint density at radius 1 is 1.28 bits per heavy atom. The smallest absolute Gasteiger partial charge is 0.147 e. The maximum atomic E-state index is 13.6. The third-order valence-electron chi connectivity index (χ3n) is 2.67. The maximum Gasteiger partial charge on any atom is 0.147 e. The summed E-state index contributed by atoms with van der Waals surface area (Å²) in [6.07, 6.45) is 0. The Balaban J connectivity index is 2.14. The number of halogens is 3.